The van der Waals surface area contributed by atoms with Gasteiger partial charge in [-0.15, -0.1) is 0 Å². The molecule has 1 aromatic rings. The van der Waals surface area contributed by atoms with Gasteiger partial charge in [0.1, 0.15) is 0 Å². The minimum Gasteiger partial charge on any atom is -0.381 e. The lowest BCUT2D eigenvalue weighted by atomic mass is 9.76. The summed E-state index contributed by atoms with van der Waals surface area (Å²) in [6.45, 7) is 8.45. The van der Waals surface area contributed by atoms with Gasteiger partial charge >= 0.3 is 0 Å². The predicted molar refractivity (Wildman–Crippen MR) is 79.1 cm³/mol. The number of hydrogen-bond donors (Lipinski definition) is 0. The van der Waals surface area contributed by atoms with Crippen molar-refractivity contribution >= 4 is 5.78 Å². The summed E-state index contributed by atoms with van der Waals surface area (Å²) in [6, 6.07) is 2.49. The standard InChI is InChI=1S/C17H25NO2/c1-12(13-5-8-20-9-6-13)18-7-4-14-15(18)10-17(2,3)11-16(14)19/h4,7,12-13H,5-6,8-11H2,1-3H3. The molecule has 1 unspecified atom stereocenters. The summed E-state index contributed by atoms with van der Waals surface area (Å²) in [4.78, 5) is 12.3. The van der Waals surface area contributed by atoms with E-state index in [1.165, 1.54) is 5.69 Å². The molecule has 110 valence electrons. The quantitative estimate of drug-likeness (QED) is 0.825. The van der Waals surface area contributed by atoms with Crippen LogP contribution >= 0.6 is 0 Å². The first kappa shape index (κ1) is 13.9. The summed E-state index contributed by atoms with van der Waals surface area (Å²) in [5, 5.41) is 0. The number of nitrogens with zero attached hydrogens (tertiary/aromatic N) is 1. The fourth-order valence-electron chi connectivity index (χ4n) is 3.77. The van der Waals surface area contributed by atoms with E-state index in [1.807, 2.05) is 6.07 Å². The van der Waals surface area contributed by atoms with Crippen LogP contribution in [0.2, 0.25) is 0 Å². The summed E-state index contributed by atoms with van der Waals surface area (Å²) in [7, 11) is 0. The molecule has 0 aromatic carbocycles. The van der Waals surface area contributed by atoms with E-state index in [-0.39, 0.29) is 5.41 Å². The summed E-state index contributed by atoms with van der Waals surface area (Å²) in [5.41, 5.74) is 2.31. The van der Waals surface area contributed by atoms with Crippen molar-refractivity contribution in [3.05, 3.63) is 23.5 Å². The number of rotatable bonds is 2. The highest BCUT2D eigenvalue weighted by Gasteiger charge is 2.34. The molecule has 1 saturated heterocycles. The van der Waals surface area contributed by atoms with Crippen LogP contribution in [0.3, 0.4) is 0 Å². The summed E-state index contributed by atoms with van der Waals surface area (Å²) >= 11 is 0. The number of hydrogen-bond acceptors (Lipinski definition) is 2. The SMILES string of the molecule is CC(C1CCOCC1)n1ccc2c1CC(C)(C)CC2=O. The van der Waals surface area contributed by atoms with Gasteiger partial charge in [0, 0.05) is 43.1 Å². The van der Waals surface area contributed by atoms with Crippen molar-refractivity contribution in [2.24, 2.45) is 11.3 Å². The molecule has 2 aliphatic rings. The number of aromatic nitrogens is 1. The Kier molecular flexibility index (Phi) is 3.49. The van der Waals surface area contributed by atoms with E-state index in [4.69, 9.17) is 4.74 Å². The van der Waals surface area contributed by atoms with E-state index in [0.29, 0.717) is 24.2 Å². The second-order valence-electron chi connectivity index (χ2n) is 7.21. The minimum absolute atomic E-state index is 0.0928. The Hall–Kier alpha value is -1.09. The Morgan fingerprint density at radius 2 is 2.00 bits per heavy atom. The van der Waals surface area contributed by atoms with Gasteiger partial charge in [-0.2, -0.15) is 0 Å². The van der Waals surface area contributed by atoms with Gasteiger partial charge in [0.25, 0.3) is 0 Å². The molecular formula is C17H25NO2. The highest BCUT2D eigenvalue weighted by Crippen LogP contribution is 2.38. The van der Waals surface area contributed by atoms with Crippen LogP contribution in [-0.2, 0) is 11.2 Å². The monoisotopic (exact) mass is 275 g/mol. The second kappa shape index (κ2) is 5.03. The van der Waals surface area contributed by atoms with E-state index in [2.05, 4.69) is 31.5 Å². The van der Waals surface area contributed by atoms with Crippen molar-refractivity contribution in [2.45, 2.75) is 52.5 Å². The molecule has 1 atom stereocenters. The number of ketones is 1. The van der Waals surface area contributed by atoms with Crippen molar-refractivity contribution in [3.63, 3.8) is 0 Å². The molecular weight excluding hydrogens is 250 g/mol. The molecule has 0 saturated carbocycles. The third-order valence-electron chi connectivity index (χ3n) is 5.00. The lowest BCUT2D eigenvalue weighted by Gasteiger charge is -2.34. The van der Waals surface area contributed by atoms with Crippen molar-refractivity contribution in [3.8, 4) is 0 Å². The maximum atomic E-state index is 12.3. The van der Waals surface area contributed by atoms with Crippen LogP contribution in [0.5, 0.6) is 0 Å². The number of fused-ring (bicyclic) bond motifs is 1. The molecule has 20 heavy (non-hydrogen) atoms. The van der Waals surface area contributed by atoms with Gasteiger partial charge in [-0.05, 0) is 43.6 Å². The van der Waals surface area contributed by atoms with E-state index >= 15 is 0 Å². The van der Waals surface area contributed by atoms with Crippen molar-refractivity contribution in [2.75, 3.05) is 13.2 Å². The van der Waals surface area contributed by atoms with Crippen molar-refractivity contribution < 1.29 is 9.53 Å². The first-order valence-electron chi connectivity index (χ1n) is 7.78. The maximum absolute atomic E-state index is 12.3. The highest BCUT2D eigenvalue weighted by atomic mass is 16.5. The van der Waals surface area contributed by atoms with Gasteiger partial charge in [0.2, 0.25) is 0 Å². The molecule has 1 aromatic heterocycles. The highest BCUT2D eigenvalue weighted by molar-refractivity contribution is 5.98. The number of carbonyl (C=O) groups excluding carboxylic acids is 1. The zero-order valence-electron chi connectivity index (χ0n) is 12.8. The van der Waals surface area contributed by atoms with E-state index in [0.717, 1.165) is 38.0 Å². The lowest BCUT2D eigenvalue weighted by molar-refractivity contribution is 0.0506. The summed E-state index contributed by atoms with van der Waals surface area (Å²) in [5.74, 6) is 0.981. The molecule has 0 spiro atoms. The van der Waals surface area contributed by atoms with E-state index in [9.17, 15) is 4.79 Å². The van der Waals surface area contributed by atoms with Gasteiger partial charge in [-0.3, -0.25) is 4.79 Å². The normalized spacial score (nSPS) is 24.4. The Morgan fingerprint density at radius 1 is 1.30 bits per heavy atom. The van der Waals surface area contributed by atoms with Crippen LogP contribution in [0.1, 0.15) is 62.1 Å². The molecule has 0 bridgehead atoms. The lowest BCUT2D eigenvalue weighted by Crippen LogP contribution is -2.30. The topological polar surface area (TPSA) is 31.2 Å². The molecule has 2 heterocycles. The third-order valence-corrected chi connectivity index (χ3v) is 5.00. The molecule has 1 aliphatic carbocycles. The second-order valence-corrected chi connectivity index (χ2v) is 7.21. The van der Waals surface area contributed by atoms with Crippen LogP contribution < -0.4 is 0 Å². The molecule has 0 N–H and O–H groups in total. The first-order valence-corrected chi connectivity index (χ1v) is 7.78. The summed E-state index contributed by atoms with van der Waals surface area (Å²) < 4.78 is 7.83. The molecule has 0 radical (unpaired) electrons. The molecule has 1 fully saturated rings. The van der Waals surface area contributed by atoms with Crippen LogP contribution in [0.15, 0.2) is 12.3 Å². The number of carbonyl (C=O) groups is 1. The van der Waals surface area contributed by atoms with Crippen LogP contribution in [0.25, 0.3) is 0 Å². The smallest absolute Gasteiger partial charge is 0.165 e. The molecule has 3 nitrogen and oxygen atoms in total. The minimum atomic E-state index is 0.0928. The van der Waals surface area contributed by atoms with Crippen LogP contribution in [0.4, 0.5) is 0 Å². The number of Topliss-reactive ketones (excluding diaryl/α,β-unsaturated/α-hetero) is 1. The van der Waals surface area contributed by atoms with E-state index in [1.54, 1.807) is 0 Å². The van der Waals surface area contributed by atoms with Crippen LogP contribution in [0, 0.1) is 11.3 Å². The molecule has 3 heteroatoms. The van der Waals surface area contributed by atoms with E-state index < -0.39 is 0 Å². The summed E-state index contributed by atoms with van der Waals surface area (Å²) in [6.07, 6.45) is 6.07. The maximum Gasteiger partial charge on any atom is 0.165 e. The average molecular weight is 275 g/mol. The van der Waals surface area contributed by atoms with Gasteiger partial charge in [-0.1, -0.05) is 13.8 Å². The zero-order valence-corrected chi connectivity index (χ0v) is 12.8. The fraction of sp³-hybridized carbons (Fsp3) is 0.706. The predicted octanol–water partition coefficient (Wildman–Crippen LogP) is 3.63. The van der Waals surface area contributed by atoms with Crippen LogP contribution in [-0.4, -0.2) is 23.6 Å². The Labute approximate surface area is 121 Å². The van der Waals surface area contributed by atoms with Gasteiger partial charge in [0.05, 0.1) is 0 Å². The molecule has 1 aliphatic heterocycles. The Balaban J connectivity index is 1.90. The van der Waals surface area contributed by atoms with Gasteiger partial charge < -0.3 is 9.30 Å². The first-order chi connectivity index (χ1) is 9.48. The number of ether oxygens (including phenoxy) is 1. The average Bonchev–Trinajstić information content (AvgIpc) is 2.81. The largest absolute Gasteiger partial charge is 0.381 e. The van der Waals surface area contributed by atoms with Gasteiger partial charge in [0.15, 0.2) is 5.78 Å². The fourth-order valence-corrected chi connectivity index (χ4v) is 3.77. The Morgan fingerprint density at radius 3 is 2.70 bits per heavy atom. The zero-order chi connectivity index (χ0) is 14.3. The Bertz CT molecular complexity index is 509. The van der Waals surface area contributed by atoms with Crippen molar-refractivity contribution in [1.82, 2.24) is 4.57 Å². The third kappa shape index (κ3) is 2.44. The van der Waals surface area contributed by atoms with Crippen molar-refractivity contribution in [1.29, 1.82) is 0 Å². The molecule has 3 rings (SSSR count). The van der Waals surface area contributed by atoms with Gasteiger partial charge in [-0.25, -0.2) is 0 Å². The molecule has 0 amide bonds.